The number of rotatable bonds is 5. The SMILES string of the molecule is CCNCc1ccc(F)c(Cn2cnc3c2CCCC3)c1. The third-order valence-corrected chi connectivity index (χ3v) is 4.14. The highest BCUT2D eigenvalue weighted by Gasteiger charge is 2.16. The Morgan fingerprint density at radius 2 is 2.14 bits per heavy atom. The van der Waals surface area contributed by atoms with Gasteiger partial charge in [-0.15, -0.1) is 0 Å². The Kier molecular flexibility index (Phi) is 4.34. The minimum absolute atomic E-state index is 0.131. The standard InChI is InChI=1S/C17H22FN3/c1-2-19-10-13-7-8-15(18)14(9-13)11-21-12-20-16-5-3-4-6-17(16)21/h7-9,12,19H,2-6,10-11H2,1H3. The number of imidazole rings is 1. The monoisotopic (exact) mass is 287 g/mol. The second kappa shape index (κ2) is 6.39. The second-order valence-corrected chi connectivity index (χ2v) is 5.68. The van der Waals surface area contributed by atoms with Crippen molar-refractivity contribution in [2.45, 2.75) is 45.7 Å². The number of aryl methyl sites for hydroxylation is 1. The topological polar surface area (TPSA) is 29.9 Å². The summed E-state index contributed by atoms with van der Waals surface area (Å²) in [7, 11) is 0. The molecule has 21 heavy (non-hydrogen) atoms. The van der Waals surface area contributed by atoms with Gasteiger partial charge in [-0.05, 0) is 49.9 Å². The first-order chi connectivity index (χ1) is 10.3. The Morgan fingerprint density at radius 1 is 1.29 bits per heavy atom. The van der Waals surface area contributed by atoms with Gasteiger partial charge in [-0.25, -0.2) is 9.37 Å². The van der Waals surface area contributed by atoms with Crippen LogP contribution in [0.3, 0.4) is 0 Å². The van der Waals surface area contributed by atoms with Crippen molar-refractivity contribution >= 4 is 0 Å². The summed E-state index contributed by atoms with van der Waals surface area (Å²) >= 11 is 0. The van der Waals surface area contributed by atoms with Gasteiger partial charge in [-0.3, -0.25) is 0 Å². The molecule has 112 valence electrons. The molecule has 0 atom stereocenters. The molecule has 3 rings (SSSR count). The van der Waals surface area contributed by atoms with Crippen molar-refractivity contribution in [1.82, 2.24) is 14.9 Å². The van der Waals surface area contributed by atoms with Crippen LogP contribution in [0, 0.1) is 5.82 Å². The third kappa shape index (κ3) is 3.16. The van der Waals surface area contributed by atoms with Crippen LogP contribution in [0.5, 0.6) is 0 Å². The van der Waals surface area contributed by atoms with Gasteiger partial charge in [0.25, 0.3) is 0 Å². The molecule has 1 aliphatic rings. The first kappa shape index (κ1) is 14.3. The van der Waals surface area contributed by atoms with E-state index in [1.165, 1.54) is 24.2 Å². The summed E-state index contributed by atoms with van der Waals surface area (Å²) in [6, 6.07) is 5.39. The molecule has 4 heteroatoms. The molecular weight excluding hydrogens is 265 g/mol. The highest BCUT2D eigenvalue weighted by molar-refractivity contribution is 5.27. The first-order valence-corrected chi connectivity index (χ1v) is 7.79. The van der Waals surface area contributed by atoms with Crippen LogP contribution in [0.15, 0.2) is 24.5 Å². The van der Waals surface area contributed by atoms with Crippen LogP contribution in [0.1, 0.15) is 42.3 Å². The predicted octanol–water partition coefficient (Wildman–Crippen LogP) is 3.06. The van der Waals surface area contributed by atoms with Crippen molar-refractivity contribution in [3.05, 3.63) is 52.9 Å². The van der Waals surface area contributed by atoms with E-state index in [2.05, 4.69) is 21.8 Å². The quantitative estimate of drug-likeness (QED) is 0.916. The van der Waals surface area contributed by atoms with Gasteiger partial charge >= 0.3 is 0 Å². The van der Waals surface area contributed by atoms with Gasteiger partial charge in [0.2, 0.25) is 0 Å². The van der Waals surface area contributed by atoms with E-state index in [1.807, 2.05) is 18.5 Å². The molecule has 0 fully saturated rings. The first-order valence-electron chi connectivity index (χ1n) is 7.79. The fourth-order valence-electron chi connectivity index (χ4n) is 2.98. The average molecular weight is 287 g/mol. The summed E-state index contributed by atoms with van der Waals surface area (Å²) in [5, 5.41) is 3.28. The molecule has 0 unspecified atom stereocenters. The van der Waals surface area contributed by atoms with Gasteiger partial charge in [-0.2, -0.15) is 0 Å². The smallest absolute Gasteiger partial charge is 0.128 e. The summed E-state index contributed by atoms with van der Waals surface area (Å²) < 4.78 is 16.2. The van der Waals surface area contributed by atoms with E-state index >= 15 is 0 Å². The second-order valence-electron chi connectivity index (χ2n) is 5.68. The molecule has 0 amide bonds. The van der Waals surface area contributed by atoms with E-state index in [0.717, 1.165) is 37.1 Å². The Hall–Kier alpha value is -1.68. The summed E-state index contributed by atoms with van der Waals surface area (Å²) in [6.45, 7) is 4.35. The Labute approximate surface area is 125 Å². The Bertz CT molecular complexity index is 618. The normalized spacial score (nSPS) is 14.2. The summed E-state index contributed by atoms with van der Waals surface area (Å²) in [6.07, 6.45) is 6.42. The molecule has 1 N–H and O–H groups in total. The van der Waals surface area contributed by atoms with Crippen LogP contribution in [-0.4, -0.2) is 16.1 Å². The van der Waals surface area contributed by atoms with Crippen molar-refractivity contribution in [2.24, 2.45) is 0 Å². The zero-order chi connectivity index (χ0) is 14.7. The number of benzene rings is 1. The molecule has 0 saturated heterocycles. The fourth-order valence-corrected chi connectivity index (χ4v) is 2.98. The molecule has 0 spiro atoms. The zero-order valence-corrected chi connectivity index (χ0v) is 12.5. The molecule has 0 radical (unpaired) electrons. The minimum atomic E-state index is -0.131. The van der Waals surface area contributed by atoms with Crippen molar-refractivity contribution < 1.29 is 4.39 Å². The molecule has 2 aromatic rings. The van der Waals surface area contributed by atoms with Gasteiger partial charge in [0.15, 0.2) is 0 Å². The molecule has 1 aliphatic carbocycles. The van der Waals surface area contributed by atoms with Gasteiger partial charge in [0.1, 0.15) is 5.82 Å². The molecule has 1 aromatic heterocycles. The van der Waals surface area contributed by atoms with E-state index in [1.54, 1.807) is 6.07 Å². The number of halogens is 1. The van der Waals surface area contributed by atoms with E-state index in [-0.39, 0.29) is 5.82 Å². The Morgan fingerprint density at radius 3 is 3.00 bits per heavy atom. The molecule has 1 aromatic carbocycles. The molecule has 0 saturated carbocycles. The molecule has 3 nitrogen and oxygen atoms in total. The maximum absolute atomic E-state index is 14.1. The van der Waals surface area contributed by atoms with Gasteiger partial charge in [0.05, 0.1) is 18.6 Å². The van der Waals surface area contributed by atoms with Crippen LogP contribution >= 0.6 is 0 Å². The van der Waals surface area contributed by atoms with Crippen molar-refractivity contribution in [1.29, 1.82) is 0 Å². The molecule has 0 aliphatic heterocycles. The molecule has 0 bridgehead atoms. The molecular formula is C17H22FN3. The lowest BCUT2D eigenvalue weighted by molar-refractivity contribution is 0.583. The number of aromatic nitrogens is 2. The lowest BCUT2D eigenvalue weighted by Gasteiger charge is -2.15. The lowest BCUT2D eigenvalue weighted by atomic mass is 10.0. The minimum Gasteiger partial charge on any atom is -0.330 e. The summed E-state index contributed by atoms with van der Waals surface area (Å²) in [5.74, 6) is -0.131. The predicted molar refractivity (Wildman–Crippen MR) is 81.8 cm³/mol. The maximum atomic E-state index is 14.1. The lowest BCUT2D eigenvalue weighted by Crippen LogP contribution is -2.13. The number of hydrogen-bond acceptors (Lipinski definition) is 2. The van der Waals surface area contributed by atoms with Crippen molar-refractivity contribution in [3.63, 3.8) is 0 Å². The summed E-state index contributed by atoms with van der Waals surface area (Å²) in [5.41, 5.74) is 4.36. The third-order valence-electron chi connectivity index (χ3n) is 4.14. The van der Waals surface area contributed by atoms with Gasteiger partial charge in [-0.1, -0.05) is 13.0 Å². The van der Waals surface area contributed by atoms with Crippen molar-refractivity contribution in [2.75, 3.05) is 6.54 Å². The van der Waals surface area contributed by atoms with E-state index in [0.29, 0.717) is 6.54 Å². The van der Waals surface area contributed by atoms with Crippen LogP contribution < -0.4 is 5.32 Å². The average Bonchev–Trinajstić information content (AvgIpc) is 2.91. The van der Waals surface area contributed by atoms with Gasteiger partial charge in [0, 0.05) is 17.8 Å². The zero-order valence-electron chi connectivity index (χ0n) is 12.5. The van der Waals surface area contributed by atoms with E-state index in [4.69, 9.17) is 0 Å². The number of hydrogen-bond donors (Lipinski definition) is 1. The maximum Gasteiger partial charge on any atom is 0.128 e. The fraction of sp³-hybridized carbons (Fsp3) is 0.471. The van der Waals surface area contributed by atoms with Crippen LogP contribution in [0.4, 0.5) is 4.39 Å². The molecule has 1 heterocycles. The van der Waals surface area contributed by atoms with Crippen LogP contribution in [0.2, 0.25) is 0 Å². The number of nitrogens with one attached hydrogen (secondary N) is 1. The van der Waals surface area contributed by atoms with E-state index in [9.17, 15) is 4.39 Å². The van der Waals surface area contributed by atoms with Crippen molar-refractivity contribution in [3.8, 4) is 0 Å². The van der Waals surface area contributed by atoms with E-state index < -0.39 is 0 Å². The summed E-state index contributed by atoms with van der Waals surface area (Å²) in [4.78, 5) is 4.48. The van der Waals surface area contributed by atoms with Crippen LogP contribution in [-0.2, 0) is 25.9 Å². The highest BCUT2D eigenvalue weighted by Crippen LogP contribution is 2.21. The van der Waals surface area contributed by atoms with Gasteiger partial charge < -0.3 is 9.88 Å². The Balaban J connectivity index is 1.82. The highest BCUT2D eigenvalue weighted by atomic mass is 19.1. The largest absolute Gasteiger partial charge is 0.330 e. The number of fused-ring (bicyclic) bond motifs is 1. The van der Waals surface area contributed by atoms with Crippen LogP contribution in [0.25, 0.3) is 0 Å². The number of nitrogens with zero attached hydrogens (tertiary/aromatic N) is 2.